The molecule has 1 fully saturated rings. The Morgan fingerprint density at radius 1 is 1.59 bits per heavy atom. The lowest BCUT2D eigenvalue weighted by Crippen LogP contribution is -2.43. The van der Waals surface area contributed by atoms with Crippen molar-refractivity contribution in [1.29, 1.82) is 0 Å². The van der Waals surface area contributed by atoms with Crippen LogP contribution in [0.3, 0.4) is 0 Å². The monoisotopic (exact) mass is 315 g/mol. The molecule has 2 N–H and O–H groups in total. The zero-order chi connectivity index (χ0) is 13.1. The molecule has 0 amide bonds. The highest BCUT2D eigenvalue weighted by Crippen LogP contribution is 2.13. The Labute approximate surface area is 103 Å². The molecule has 0 saturated carbocycles. The lowest BCUT2D eigenvalue weighted by atomic mass is 10.2. The second kappa shape index (κ2) is 5.50. The summed E-state index contributed by atoms with van der Waals surface area (Å²) in [6.45, 7) is 2.10. The minimum atomic E-state index is -5.08. The maximum Gasteiger partial charge on any atom is 0.490 e. The van der Waals surface area contributed by atoms with Crippen molar-refractivity contribution in [3.8, 4) is 0 Å². The fourth-order valence-electron chi connectivity index (χ4n) is 0.979. The Morgan fingerprint density at radius 3 is 2.35 bits per heavy atom. The van der Waals surface area contributed by atoms with E-state index in [2.05, 4.69) is 26.3 Å². The molecular formula is C8H9BrF3N3O2. The van der Waals surface area contributed by atoms with Crippen molar-refractivity contribution in [2.75, 3.05) is 13.1 Å². The molecule has 17 heavy (non-hydrogen) atoms. The third-order valence-electron chi connectivity index (χ3n) is 1.95. The molecule has 0 aromatic carbocycles. The van der Waals surface area contributed by atoms with Crippen LogP contribution < -0.4 is 5.32 Å². The van der Waals surface area contributed by atoms with Crippen LogP contribution in [-0.4, -0.2) is 40.1 Å². The average Bonchev–Trinajstić information content (AvgIpc) is 2.48. The molecule has 1 aromatic heterocycles. The van der Waals surface area contributed by atoms with Crippen molar-refractivity contribution in [3.63, 3.8) is 0 Å². The van der Waals surface area contributed by atoms with E-state index >= 15 is 0 Å². The first-order chi connectivity index (χ1) is 7.80. The standard InChI is InChI=1S/C6H8BrN3.C2HF3O2/c7-6-1-2-10(9-6)5-3-8-4-5;3-2(4,5)1(6)7/h1-2,5,8H,3-4H2;(H,6,7). The SMILES string of the molecule is Brc1ccn(C2CNC2)n1.O=C(O)C(F)(F)F. The summed E-state index contributed by atoms with van der Waals surface area (Å²) in [4.78, 5) is 8.90. The van der Waals surface area contributed by atoms with Crippen LogP contribution >= 0.6 is 15.9 Å². The van der Waals surface area contributed by atoms with Gasteiger partial charge in [0.15, 0.2) is 0 Å². The van der Waals surface area contributed by atoms with Gasteiger partial charge in [0.1, 0.15) is 4.60 Å². The van der Waals surface area contributed by atoms with Gasteiger partial charge in [-0.1, -0.05) is 0 Å². The Hall–Kier alpha value is -1.09. The van der Waals surface area contributed by atoms with E-state index < -0.39 is 12.1 Å². The molecule has 0 spiro atoms. The predicted octanol–water partition coefficient (Wildman–Crippen LogP) is 1.42. The summed E-state index contributed by atoms with van der Waals surface area (Å²) >= 11 is 3.30. The molecule has 0 unspecified atom stereocenters. The van der Waals surface area contributed by atoms with Crippen molar-refractivity contribution in [2.45, 2.75) is 12.2 Å². The van der Waals surface area contributed by atoms with Gasteiger partial charge in [0.05, 0.1) is 6.04 Å². The lowest BCUT2D eigenvalue weighted by molar-refractivity contribution is -0.192. The van der Waals surface area contributed by atoms with Gasteiger partial charge in [-0.15, -0.1) is 0 Å². The summed E-state index contributed by atoms with van der Waals surface area (Å²) in [6.07, 6.45) is -3.09. The van der Waals surface area contributed by atoms with Crippen molar-refractivity contribution in [1.82, 2.24) is 15.1 Å². The molecule has 0 bridgehead atoms. The van der Waals surface area contributed by atoms with Crippen LogP contribution in [0.5, 0.6) is 0 Å². The quantitative estimate of drug-likeness (QED) is 0.822. The number of nitrogens with zero attached hydrogens (tertiary/aromatic N) is 2. The third-order valence-corrected chi connectivity index (χ3v) is 2.38. The van der Waals surface area contributed by atoms with Gasteiger partial charge >= 0.3 is 12.1 Å². The van der Waals surface area contributed by atoms with Gasteiger partial charge < -0.3 is 10.4 Å². The Kier molecular flexibility index (Phi) is 4.52. The Balaban J connectivity index is 0.000000185. The molecule has 9 heteroatoms. The minimum Gasteiger partial charge on any atom is -0.475 e. The number of hydrogen-bond acceptors (Lipinski definition) is 3. The summed E-state index contributed by atoms with van der Waals surface area (Å²) in [7, 11) is 0. The number of aliphatic carboxylic acids is 1. The lowest BCUT2D eigenvalue weighted by Gasteiger charge is -2.27. The number of carboxylic acids is 1. The molecule has 0 radical (unpaired) electrons. The van der Waals surface area contributed by atoms with Gasteiger partial charge in [0.2, 0.25) is 0 Å². The molecule has 0 aliphatic carbocycles. The molecule has 1 aromatic rings. The highest BCUT2D eigenvalue weighted by atomic mass is 79.9. The summed E-state index contributed by atoms with van der Waals surface area (Å²) in [5.41, 5.74) is 0. The highest BCUT2D eigenvalue weighted by Gasteiger charge is 2.38. The Bertz CT molecular complexity index is 390. The zero-order valence-corrected chi connectivity index (χ0v) is 9.99. The van der Waals surface area contributed by atoms with E-state index in [9.17, 15) is 13.2 Å². The van der Waals surface area contributed by atoms with Crippen LogP contribution in [0, 0.1) is 0 Å². The van der Waals surface area contributed by atoms with Gasteiger partial charge in [-0.25, -0.2) is 4.79 Å². The van der Waals surface area contributed by atoms with E-state index in [1.807, 2.05) is 16.9 Å². The first-order valence-corrected chi connectivity index (χ1v) is 5.31. The van der Waals surface area contributed by atoms with Gasteiger partial charge in [-0.2, -0.15) is 18.3 Å². The van der Waals surface area contributed by atoms with Crippen molar-refractivity contribution >= 4 is 21.9 Å². The van der Waals surface area contributed by atoms with Gasteiger partial charge in [-0.3, -0.25) is 4.68 Å². The fraction of sp³-hybridized carbons (Fsp3) is 0.500. The number of carboxylic acid groups (broad SMARTS) is 1. The number of nitrogens with one attached hydrogen (secondary N) is 1. The van der Waals surface area contributed by atoms with Crippen LogP contribution in [0.2, 0.25) is 0 Å². The predicted molar refractivity (Wildman–Crippen MR) is 55.5 cm³/mol. The van der Waals surface area contributed by atoms with Gasteiger partial charge in [0.25, 0.3) is 0 Å². The van der Waals surface area contributed by atoms with Crippen LogP contribution in [0.1, 0.15) is 6.04 Å². The summed E-state index contributed by atoms with van der Waals surface area (Å²) < 4.78 is 34.6. The fourth-order valence-corrected chi connectivity index (χ4v) is 1.28. The zero-order valence-electron chi connectivity index (χ0n) is 8.41. The average molecular weight is 316 g/mol. The minimum absolute atomic E-state index is 0.575. The van der Waals surface area contributed by atoms with Crippen molar-refractivity contribution < 1.29 is 23.1 Å². The summed E-state index contributed by atoms with van der Waals surface area (Å²) in [5, 5.41) is 14.5. The molecular weight excluding hydrogens is 307 g/mol. The number of hydrogen-bond donors (Lipinski definition) is 2. The van der Waals surface area contributed by atoms with E-state index in [-0.39, 0.29) is 0 Å². The van der Waals surface area contributed by atoms with Gasteiger partial charge in [0, 0.05) is 19.3 Å². The maximum atomic E-state index is 10.6. The smallest absolute Gasteiger partial charge is 0.475 e. The van der Waals surface area contributed by atoms with Crippen molar-refractivity contribution in [3.05, 3.63) is 16.9 Å². The van der Waals surface area contributed by atoms with Crippen LogP contribution in [0.4, 0.5) is 13.2 Å². The first-order valence-electron chi connectivity index (χ1n) is 4.52. The molecule has 5 nitrogen and oxygen atoms in total. The molecule has 2 heterocycles. The van der Waals surface area contributed by atoms with Crippen molar-refractivity contribution in [2.24, 2.45) is 0 Å². The topological polar surface area (TPSA) is 67.2 Å². The summed E-state index contributed by atoms with van der Waals surface area (Å²) in [5.74, 6) is -2.76. The van der Waals surface area contributed by atoms with E-state index in [0.29, 0.717) is 6.04 Å². The molecule has 96 valence electrons. The van der Waals surface area contributed by atoms with E-state index in [4.69, 9.17) is 9.90 Å². The highest BCUT2D eigenvalue weighted by molar-refractivity contribution is 9.10. The Morgan fingerprint density at radius 2 is 2.12 bits per heavy atom. The van der Waals surface area contributed by atoms with E-state index in [1.54, 1.807) is 0 Å². The second-order valence-electron chi connectivity index (χ2n) is 3.23. The van der Waals surface area contributed by atoms with E-state index in [1.165, 1.54) is 0 Å². The second-order valence-corrected chi connectivity index (χ2v) is 4.05. The normalized spacial score (nSPS) is 15.8. The molecule has 0 atom stereocenters. The molecule has 1 saturated heterocycles. The van der Waals surface area contributed by atoms with Crippen LogP contribution in [0.25, 0.3) is 0 Å². The molecule has 1 aliphatic rings. The van der Waals surface area contributed by atoms with Crippen LogP contribution in [-0.2, 0) is 4.79 Å². The molecule has 2 rings (SSSR count). The van der Waals surface area contributed by atoms with E-state index in [0.717, 1.165) is 17.7 Å². The van der Waals surface area contributed by atoms with Crippen LogP contribution in [0.15, 0.2) is 16.9 Å². The third kappa shape index (κ3) is 4.35. The molecule has 1 aliphatic heterocycles. The largest absolute Gasteiger partial charge is 0.490 e. The van der Waals surface area contributed by atoms with Gasteiger partial charge in [-0.05, 0) is 22.0 Å². The number of aromatic nitrogens is 2. The number of rotatable bonds is 1. The number of halogens is 4. The first kappa shape index (κ1) is 14.0. The maximum absolute atomic E-state index is 10.6. The summed E-state index contributed by atoms with van der Waals surface area (Å²) in [6, 6.07) is 2.53. The number of carbonyl (C=O) groups is 1. The number of alkyl halides is 3.